The van der Waals surface area contributed by atoms with E-state index in [1.807, 2.05) is 12.1 Å². The summed E-state index contributed by atoms with van der Waals surface area (Å²) >= 11 is 0. The molecule has 4 rings (SSSR count). The first-order chi connectivity index (χ1) is 17.1. The molecule has 0 aliphatic rings. The Morgan fingerprint density at radius 2 is 1.94 bits per heavy atom. The van der Waals surface area contributed by atoms with Crippen molar-refractivity contribution in [2.24, 2.45) is 0 Å². The first-order valence-corrected chi connectivity index (χ1v) is 11.2. The number of nitrogens with zero attached hydrogens (tertiary/aromatic N) is 3. The minimum absolute atomic E-state index is 0.0261. The monoisotopic (exact) mass is 475 g/mol. The van der Waals surface area contributed by atoms with Gasteiger partial charge in [0.25, 0.3) is 5.91 Å². The largest absolute Gasteiger partial charge is 0.395 e. The van der Waals surface area contributed by atoms with Crippen LogP contribution in [-0.4, -0.2) is 50.9 Å². The molecule has 0 fully saturated rings. The summed E-state index contributed by atoms with van der Waals surface area (Å²) < 4.78 is 13.5. The number of hydrogen-bond acceptors (Lipinski definition) is 7. The second kappa shape index (κ2) is 11.7. The highest BCUT2D eigenvalue weighted by molar-refractivity contribution is 5.99. The third-order valence-corrected chi connectivity index (χ3v) is 5.26. The van der Waals surface area contributed by atoms with Crippen molar-refractivity contribution in [1.82, 2.24) is 25.5 Å². The van der Waals surface area contributed by atoms with Gasteiger partial charge >= 0.3 is 0 Å². The van der Waals surface area contributed by atoms with Gasteiger partial charge in [0, 0.05) is 43.2 Å². The van der Waals surface area contributed by atoms with Crippen molar-refractivity contribution < 1.29 is 14.3 Å². The van der Waals surface area contributed by atoms with Crippen LogP contribution < -0.4 is 16.0 Å². The van der Waals surface area contributed by atoms with E-state index in [1.165, 1.54) is 12.1 Å². The Morgan fingerprint density at radius 1 is 1.06 bits per heavy atom. The summed E-state index contributed by atoms with van der Waals surface area (Å²) in [7, 11) is 0. The lowest BCUT2D eigenvalue weighted by atomic mass is 10.1. The third-order valence-electron chi connectivity index (χ3n) is 5.26. The van der Waals surface area contributed by atoms with Crippen LogP contribution >= 0.6 is 0 Å². The van der Waals surface area contributed by atoms with Crippen LogP contribution in [0.25, 0.3) is 11.3 Å². The van der Waals surface area contributed by atoms with Crippen LogP contribution in [0.3, 0.4) is 0 Å². The van der Waals surface area contributed by atoms with Gasteiger partial charge < -0.3 is 21.1 Å². The summed E-state index contributed by atoms with van der Waals surface area (Å²) in [5, 5.41) is 25.0. The van der Waals surface area contributed by atoms with E-state index < -0.39 is 0 Å². The van der Waals surface area contributed by atoms with Gasteiger partial charge in [-0.25, -0.2) is 14.4 Å². The molecule has 0 saturated carbocycles. The molecule has 0 aliphatic carbocycles. The van der Waals surface area contributed by atoms with Gasteiger partial charge in [0.15, 0.2) is 0 Å². The number of anilines is 2. The van der Waals surface area contributed by atoms with Crippen molar-refractivity contribution in [2.45, 2.75) is 13.0 Å². The zero-order valence-electron chi connectivity index (χ0n) is 19.0. The summed E-state index contributed by atoms with van der Waals surface area (Å²) in [6, 6.07) is 13.5. The Kier molecular flexibility index (Phi) is 7.97. The number of aromatic amines is 1. The van der Waals surface area contributed by atoms with Crippen LogP contribution in [0.4, 0.5) is 16.0 Å². The molecule has 0 radical (unpaired) electrons. The van der Waals surface area contributed by atoms with Gasteiger partial charge in [0.2, 0.25) is 0 Å². The molecule has 0 saturated heterocycles. The van der Waals surface area contributed by atoms with Crippen LogP contribution in [0.1, 0.15) is 21.5 Å². The van der Waals surface area contributed by atoms with Crippen molar-refractivity contribution in [3.63, 3.8) is 0 Å². The number of amides is 1. The number of aliphatic hydroxyl groups is 1. The predicted octanol–water partition coefficient (Wildman–Crippen LogP) is 2.99. The molecule has 1 aromatic carbocycles. The Bertz CT molecular complexity index is 1260. The van der Waals surface area contributed by atoms with Crippen LogP contribution in [0.15, 0.2) is 67.1 Å². The van der Waals surface area contributed by atoms with E-state index in [9.17, 15) is 9.18 Å². The van der Waals surface area contributed by atoms with Gasteiger partial charge in [0.1, 0.15) is 17.5 Å². The van der Waals surface area contributed by atoms with Gasteiger partial charge in [-0.05, 0) is 42.3 Å². The van der Waals surface area contributed by atoms with E-state index in [4.69, 9.17) is 5.11 Å². The third kappa shape index (κ3) is 6.39. The second-order valence-corrected chi connectivity index (χ2v) is 7.73. The molecule has 0 spiro atoms. The zero-order valence-corrected chi connectivity index (χ0v) is 19.0. The lowest BCUT2D eigenvalue weighted by Gasteiger charge is -2.14. The summed E-state index contributed by atoms with van der Waals surface area (Å²) in [5.41, 5.74) is 3.46. The summed E-state index contributed by atoms with van der Waals surface area (Å²) in [6.45, 7) is 1.04. The minimum atomic E-state index is -0.304. The predicted molar refractivity (Wildman–Crippen MR) is 131 cm³/mol. The van der Waals surface area contributed by atoms with Crippen molar-refractivity contribution in [3.8, 4) is 11.3 Å². The highest BCUT2D eigenvalue weighted by Crippen LogP contribution is 2.22. The van der Waals surface area contributed by atoms with Gasteiger partial charge in [-0.3, -0.25) is 9.89 Å². The molecule has 0 unspecified atom stereocenters. The lowest BCUT2D eigenvalue weighted by molar-refractivity contribution is 0.0951. The molecular weight excluding hydrogens is 449 g/mol. The van der Waals surface area contributed by atoms with E-state index >= 15 is 0 Å². The molecule has 3 aromatic heterocycles. The van der Waals surface area contributed by atoms with E-state index in [-0.39, 0.29) is 24.9 Å². The summed E-state index contributed by atoms with van der Waals surface area (Å²) in [4.78, 5) is 22.0. The van der Waals surface area contributed by atoms with Crippen molar-refractivity contribution in [1.29, 1.82) is 0 Å². The van der Waals surface area contributed by atoms with Crippen LogP contribution in [0.2, 0.25) is 0 Å². The second-order valence-electron chi connectivity index (χ2n) is 7.73. The van der Waals surface area contributed by atoms with Crippen molar-refractivity contribution in [2.75, 3.05) is 30.3 Å². The fourth-order valence-electron chi connectivity index (χ4n) is 3.53. The molecule has 0 atom stereocenters. The van der Waals surface area contributed by atoms with Crippen molar-refractivity contribution >= 4 is 17.5 Å². The standard InChI is InChI=1S/C25H26FN7O2/c26-20-5-1-3-17(13-20)8-10-28-24-21(6-7-22(33-24)19-15-31-32-16-19)25(35)30-14-18-4-2-9-27-23(18)29-11-12-34/h1-7,9,13,15-16,34H,8,10-12,14H2,(H,27,29)(H,28,33)(H,30,35)(H,31,32). The van der Waals surface area contributed by atoms with Crippen molar-refractivity contribution in [3.05, 3.63) is 89.6 Å². The Morgan fingerprint density at radius 3 is 2.74 bits per heavy atom. The molecule has 3 heterocycles. The van der Waals surface area contributed by atoms with Crippen LogP contribution in [-0.2, 0) is 13.0 Å². The number of aromatic nitrogens is 4. The first kappa shape index (κ1) is 23.8. The van der Waals surface area contributed by atoms with E-state index in [2.05, 4.69) is 36.1 Å². The maximum Gasteiger partial charge on any atom is 0.255 e. The van der Waals surface area contributed by atoms with Crippen LogP contribution in [0.5, 0.6) is 0 Å². The first-order valence-electron chi connectivity index (χ1n) is 11.2. The molecule has 5 N–H and O–H groups in total. The minimum Gasteiger partial charge on any atom is -0.395 e. The summed E-state index contributed by atoms with van der Waals surface area (Å²) in [5.74, 6) is 0.429. The highest BCUT2D eigenvalue weighted by atomic mass is 19.1. The number of halogens is 1. The molecular formula is C25H26FN7O2. The number of carbonyl (C=O) groups excluding carboxylic acids is 1. The number of benzene rings is 1. The van der Waals surface area contributed by atoms with Gasteiger partial charge in [-0.2, -0.15) is 5.10 Å². The smallest absolute Gasteiger partial charge is 0.255 e. The highest BCUT2D eigenvalue weighted by Gasteiger charge is 2.15. The zero-order chi connectivity index (χ0) is 24.5. The molecule has 0 bridgehead atoms. The fraction of sp³-hybridized carbons (Fsp3) is 0.200. The number of hydrogen-bond donors (Lipinski definition) is 5. The number of aliphatic hydroxyl groups excluding tert-OH is 1. The number of rotatable bonds is 11. The number of nitrogens with one attached hydrogen (secondary N) is 4. The molecule has 35 heavy (non-hydrogen) atoms. The molecule has 0 aliphatic heterocycles. The van der Waals surface area contributed by atoms with E-state index in [0.717, 1.165) is 16.7 Å². The Hall–Kier alpha value is -4.31. The molecule has 9 nitrogen and oxygen atoms in total. The van der Waals surface area contributed by atoms with Gasteiger partial charge in [-0.15, -0.1) is 0 Å². The quantitative estimate of drug-likeness (QED) is 0.226. The normalized spacial score (nSPS) is 10.7. The maximum atomic E-state index is 13.5. The van der Waals surface area contributed by atoms with Gasteiger partial charge in [0.05, 0.1) is 24.1 Å². The average molecular weight is 476 g/mol. The number of pyridine rings is 2. The topological polar surface area (TPSA) is 128 Å². The Balaban J connectivity index is 1.50. The van der Waals surface area contributed by atoms with Gasteiger partial charge in [-0.1, -0.05) is 18.2 Å². The van der Waals surface area contributed by atoms with Crippen LogP contribution in [0, 0.1) is 5.82 Å². The fourth-order valence-corrected chi connectivity index (χ4v) is 3.53. The maximum absolute atomic E-state index is 13.5. The lowest BCUT2D eigenvalue weighted by Crippen LogP contribution is -2.25. The van der Waals surface area contributed by atoms with E-state index in [1.54, 1.807) is 42.9 Å². The molecule has 1 amide bonds. The molecule has 180 valence electrons. The molecule has 10 heteroatoms. The molecule has 4 aromatic rings. The van der Waals surface area contributed by atoms with E-state index in [0.29, 0.717) is 42.4 Å². The number of H-pyrrole nitrogens is 1. The SMILES string of the molecule is O=C(NCc1cccnc1NCCO)c1ccc(-c2cn[nH]c2)nc1NCCc1cccc(F)c1. The average Bonchev–Trinajstić information content (AvgIpc) is 3.42. The number of carbonyl (C=O) groups is 1. The summed E-state index contributed by atoms with van der Waals surface area (Å²) in [6.07, 6.45) is 5.58. The Labute approximate surface area is 201 Å².